The number of hydrazone groups is 1. The molecule has 2 amide bonds. The normalized spacial score (nSPS) is 11.0. The van der Waals surface area contributed by atoms with Crippen molar-refractivity contribution in [3.8, 4) is 0 Å². The van der Waals surface area contributed by atoms with Crippen LogP contribution in [0.4, 0.5) is 4.79 Å². The molecule has 1 heterocycles. The van der Waals surface area contributed by atoms with E-state index < -0.39 is 6.03 Å². The van der Waals surface area contributed by atoms with Gasteiger partial charge < -0.3 is 0 Å². The van der Waals surface area contributed by atoms with E-state index in [9.17, 15) is 4.79 Å². The molecule has 0 radical (unpaired) electrons. The minimum Gasteiger partial charge on any atom is -0.276 e. The summed E-state index contributed by atoms with van der Waals surface area (Å²) >= 11 is 1.22. The van der Waals surface area contributed by atoms with E-state index in [1.54, 1.807) is 6.20 Å². The van der Waals surface area contributed by atoms with Gasteiger partial charge in [-0.2, -0.15) is 5.10 Å². The molecule has 0 aliphatic rings. The van der Waals surface area contributed by atoms with Crippen LogP contribution in [-0.2, 0) is 0 Å². The van der Waals surface area contributed by atoms with Crippen LogP contribution in [0.3, 0.4) is 0 Å². The number of rotatable bonds is 5. The number of benzene rings is 2. The summed E-state index contributed by atoms with van der Waals surface area (Å²) in [5, 5.41) is 4.26. The van der Waals surface area contributed by atoms with E-state index in [1.807, 2.05) is 78.9 Å². The number of pyridine rings is 1. The van der Waals surface area contributed by atoms with Crippen LogP contribution in [0.25, 0.3) is 0 Å². The fourth-order valence-corrected chi connectivity index (χ4v) is 2.64. The molecule has 0 unspecified atom stereocenters. The molecule has 6 heteroatoms. The molecule has 0 aliphatic carbocycles. The lowest BCUT2D eigenvalue weighted by atomic mass is 10.1. The van der Waals surface area contributed by atoms with Crippen molar-refractivity contribution in [2.75, 3.05) is 0 Å². The fraction of sp³-hybridized carbons (Fsp3) is 0. The maximum absolute atomic E-state index is 12.0. The van der Waals surface area contributed by atoms with Crippen molar-refractivity contribution in [2.24, 2.45) is 5.10 Å². The van der Waals surface area contributed by atoms with E-state index in [4.69, 9.17) is 0 Å². The number of amides is 2. The Morgan fingerprint density at radius 1 is 0.880 bits per heavy atom. The van der Waals surface area contributed by atoms with Crippen LogP contribution in [-0.4, -0.2) is 16.7 Å². The van der Waals surface area contributed by atoms with Gasteiger partial charge in [0.1, 0.15) is 5.71 Å². The molecule has 5 nitrogen and oxygen atoms in total. The molecule has 2 aromatic carbocycles. The Hall–Kier alpha value is -3.12. The Morgan fingerprint density at radius 3 is 2.24 bits per heavy atom. The lowest BCUT2D eigenvalue weighted by Gasteiger charge is -2.07. The smallest absolute Gasteiger partial charge is 0.276 e. The molecule has 0 saturated heterocycles. The average Bonchev–Trinajstić information content (AvgIpc) is 2.69. The first kappa shape index (κ1) is 16.7. The molecule has 3 aromatic rings. The topological polar surface area (TPSA) is 66.4 Å². The minimum absolute atomic E-state index is 0.404. The maximum atomic E-state index is 12.0. The highest BCUT2D eigenvalue weighted by molar-refractivity contribution is 7.98. The highest BCUT2D eigenvalue weighted by atomic mass is 32.2. The van der Waals surface area contributed by atoms with Crippen molar-refractivity contribution in [1.29, 1.82) is 0 Å². The van der Waals surface area contributed by atoms with Gasteiger partial charge in [0, 0.05) is 16.7 Å². The number of aromatic nitrogens is 1. The standard InChI is InChI=1S/C19H16N4OS/c24-19(23-25-16-11-5-2-6-12-16)22-21-18(15-9-3-1-4-10-15)17-13-7-8-14-20-17/h1-14H,(H2,22,23,24)/b21-18-. The van der Waals surface area contributed by atoms with Crippen molar-refractivity contribution in [1.82, 2.24) is 15.1 Å². The summed E-state index contributed by atoms with van der Waals surface area (Å²) in [5.74, 6) is 0. The zero-order valence-corrected chi connectivity index (χ0v) is 14.1. The summed E-state index contributed by atoms with van der Waals surface area (Å²) in [7, 11) is 0. The molecular weight excluding hydrogens is 332 g/mol. The number of urea groups is 1. The van der Waals surface area contributed by atoms with Crippen molar-refractivity contribution >= 4 is 23.7 Å². The summed E-state index contributed by atoms with van der Waals surface area (Å²) in [6, 6.07) is 24.3. The Labute approximate surface area is 150 Å². The third kappa shape index (κ3) is 4.92. The first-order chi connectivity index (χ1) is 12.3. The number of nitrogens with one attached hydrogen (secondary N) is 2. The Balaban J connectivity index is 1.72. The lowest BCUT2D eigenvalue weighted by molar-refractivity contribution is 0.247. The van der Waals surface area contributed by atoms with E-state index in [0.29, 0.717) is 11.4 Å². The number of nitrogens with zero attached hydrogens (tertiary/aromatic N) is 2. The summed E-state index contributed by atoms with van der Waals surface area (Å²) in [6.45, 7) is 0. The van der Waals surface area contributed by atoms with Gasteiger partial charge in [-0.25, -0.2) is 10.2 Å². The largest absolute Gasteiger partial charge is 0.345 e. The quantitative estimate of drug-likeness (QED) is 0.418. The van der Waals surface area contributed by atoms with Crippen LogP contribution in [0.1, 0.15) is 11.3 Å². The first-order valence-electron chi connectivity index (χ1n) is 7.65. The highest BCUT2D eigenvalue weighted by Gasteiger charge is 2.09. The molecule has 2 N–H and O–H groups in total. The summed E-state index contributed by atoms with van der Waals surface area (Å²) in [6.07, 6.45) is 1.69. The predicted octanol–water partition coefficient (Wildman–Crippen LogP) is 3.84. The molecule has 0 fully saturated rings. The van der Waals surface area contributed by atoms with Gasteiger partial charge in [0.05, 0.1) is 5.69 Å². The van der Waals surface area contributed by atoms with Crippen LogP contribution >= 0.6 is 11.9 Å². The van der Waals surface area contributed by atoms with Crippen molar-refractivity contribution in [3.63, 3.8) is 0 Å². The molecule has 0 aliphatic heterocycles. The average molecular weight is 348 g/mol. The molecule has 1 aromatic heterocycles. The molecule has 124 valence electrons. The van der Waals surface area contributed by atoms with Crippen molar-refractivity contribution in [2.45, 2.75) is 4.90 Å². The Morgan fingerprint density at radius 2 is 1.56 bits per heavy atom. The molecule has 25 heavy (non-hydrogen) atoms. The second-order valence-corrected chi connectivity index (χ2v) is 5.88. The van der Waals surface area contributed by atoms with Crippen LogP contribution < -0.4 is 10.1 Å². The van der Waals surface area contributed by atoms with E-state index in [-0.39, 0.29) is 0 Å². The number of carbonyl (C=O) groups excluding carboxylic acids is 1. The van der Waals surface area contributed by atoms with Gasteiger partial charge in [0.25, 0.3) is 0 Å². The summed E-state index contributed by atoms with van der Waals surface area (Å²) in [4.78, 5) is 17.3. The molecule has 3 rings (SSSR count). The van der Waals surface area contributed by atoms with Gasteiger partial charge in [-0.1, -0.05) is 54.6 Å². The van der Waals surface area contributed by atoms with E-state index in [1.165, 1.54) is 11.9 Å². The predicted molar refractivity (Wildman–Crippen MR) is 100 cm³/mol. The number of hydrogen-bond donors (Lipinski definition) is 2. The van der Waals surface area contributed by atoms with E-state index >= 15 is 0 Å². The van der Waals surface area contributed by atoms with E-state index in [2.05, 4.69) is 20.2 Å². The minimum atomic E-state index is -0.404. The van der Waals surface area contributed by atoms with Gasteiger partial charge in [0.15, 0.2) is 0 Å². The zero-order chi connectivity index (χ0) is 17.3. The Bertz CT molecular complexity index is 798. The van der Waals surface area contributed by atoms with Gasteiger partial charge in [-0.05, 0) is 36.2 Å². The molecule has 0 saturated carbocycles. The molecule has 0 bridgehead atoms. The third-order valence-corrected chi connectivity index (χ3v) is 4.02. The van der Waals surface area contributed by atoms with Crippen LogP contribution in [0.5, 0.6) is 0 Å². The van der Waals surface area contributed by atoms with Crippen molar-refractivity contribution in [3.05, 3.63) is 96.3 Å². The third-order valence-electron chi connectivity index (χ3n) is 3.23. The SMILES string of the molecule is O=C(N/N=C(/c1ccccc1)c1ccccn1)NSc1ccccc1. The monoisotopic (exact) mass is 348 g/mol. The van der Waals surface area contributed by atoms with Crippen LogP contribution in [0, 0.1) is 0 Å². The second-order valence-electron chi connectivity index (χ2n) is 5.00. The molecular formula is C19H16N4OS. The van der Waals surface area contributed by atoms with Gasteiger partial charge in [0.2, 0.25) is 0 Å². The summed E-state index contributed by atoms with van der Waals surface area (Å²) in [5.41, 5.74) is 4.68. The molecule has 0 atom stereocenters. The number of hydrogen-bond acceptors (Lipinski definition) is 4. The lowest BCUT2D eigenvalue weighted by Crippen LogP contribution is -2.28. The molecule has 0 spiro atoms. The van der Waals surface area contributed by atoms with Gasteiger partial charge >= 0.3 is 6.03 Å². The van der Waals surface area contributed by atoms with E-state index in [0.717, 1.165) is 10.5 Å². The fourth-order valence-electron chi connectivity index (χ4n) is 2.09. The van der Waals surface area contributed by atoms with Crippen LogP contribution in [0.2, 0.25) is 0 Å². The maximum Gasteiger partial charge on any atom is 0.345 e. The van der Waals surface area contributed by atoms with Gasteiger partial charge in [-0.15, -0.1) is 0 Å². The zero-order valence-electron chi connectivity index (χ0n) is 13.3. The Kier molecular flexibility index (Phi) is 5.79. The first-order valence-corrected chi connectivity index (χ1v) is 8.47. The second kappa shape index (κ2) is 8.65. The highest BCUT2D eigenvalue weighted by Crippen LogP contribution is 2.12. The van der Waals surface area contributed by atoms with Gasteiger partial charge in [-0.3, -0.25) is 9.71 Å². The van der Waals surface area contributed by atoms with Crippen molar-refractivity contribution < 1.29 is 4.79 Å². The summed E-state index contributed by atoms with van der Waals surface area (Å²) < 4.78 is 2.70. The van der Waals surface area contributed by atoms with Crippen LogP contribution in [0.15, 0.2) is 95.1 Å². The number of carbonyl (C=O) groups is 1.